The quantitative estimate of drug-likeness (QED) is 0.266. The number of hydrazine groups is 1. The van der Waals surface area contributed by atoms with Crippen LogP contribution in [0.25, 0.3) is 0 Å². The molecule has 2 aliphatic rings. The van der Waals surface area contributed by atoms with Crippen LogP contribution < -0.4 is 15.4 Å². The molecule has 3 atom stereocenters. The average Bonchev–Trinajstić information content (AvgIpc) is 3.11. The lowest BCUT2D eigenvalue weighted by Gasteiger charge is -2.43. The summed E-state index contributed by atoms with van der Waals surface area (Å²) in [5.41, 5.74) is 1.16. The largest absolute Gasteiger partial charge is 0.497 e. The third-order valence-electron chi connectivity index (χ3n) is 6.93. The number of benzene rings is 2. The van der Waals surface area contributed by atoms with Crippen molar-refractivity contribution in [2.24, 2.45) is 5.16 Å². The Labute approximate surface area is 242 Å². The van der Waals surface area contributed by atoms with Gasteiger partial charge in [0.05, 0.1) is 25.8 Å². The van der Waals surface area contributed by atoms with Gasteiger partial charge in [-0.3, -0.25) is 29.0 Å². The molecular weight excluding hydrogens is 546 g/mol. The first-order valence-electron chi connectivity index (χ1n) is 13.6. The van der Waals surface area contributed by atoms with E-state index in [1.54, 1.807) is 24.3 Å². The van der Waals surface area contributed by atoms with Gasteiger partial charge in [0.2, 0.25) is 11.8 Å². The molecule has 0 bridgehead atoms. The number of fused-ring (bicyclic) bond motifs is 1. The summed E-state index contributed by atoms with van der Waals surface area (Å²) in [5, 5.41) is 20.9. The Bertz CT molecular complexity index is 1320. The van der Waals surface area contributed by atoms with Crippen molar-refractivity contribution in [1.82, 2.24) is 20.7 Å². The topological polar surface area (TPSA) is 167 Å². The number of carboxylic acids is 1. The number of nitrogens with zero attached hydrogens (tertiary/aromatic N) is 3. The number of nitrogens with one attached hydrogen (secondary N) is 2. The van der Waals surface area contributed by atoms with Gasteiger partial charge in [-0.05, 0) is 49.1 Å². The van der Waals surface area contributed by atoms with E-state index in [-0.39, 0.29) is 38.3 Å². The van der Waals surface area contributed by atoms with Gasteiger partial charge < -0.3 is 25.3 Å². The summed E-state index contributed by atoms with van der Waals surface area (Å²) in [7, 11) is 1.50. The molecule has 2 fully saturated rings. The summed E-state index contributed by atoms with van der Waals surface area (Å²) in [4.78, 5) is 69.7. The number of carbonyl (C=O) groups is 5. The van der Waals surface area contributed by atoms with Gasteiger partial charge in [-0.2, -0.15) is 0 Å². The van der Waals surface area contributed by atoms with Crippen LogP contribution in [0.1, 0.15) is 48.0 Å². The Morgan fingerprint density at radius 3 is 2.52 bits per heavy atom. The fourth-order valence-corrected chi connectivity index (χ4v) is 4.80. The molecule has 4 rings (SSSR count). The number of aliphatic carboxylic acids is 1. The van der Waals surface area contributed by atoms with E-state index in [4.69, 9.17) is 9.57 Å². The summed E-state index contributed by atoms with van der Waals surface area (Å²) in [6, 6.07) is 12.4. The number of rotatable bonds is 11. The standard InChI is InChI=1S/C29H33N5O8/c1-41-22-11-9-20(10-12-22)27(38)32-23-13-14-25(35)33-15-5-8-24(34(33)29(23)40)28(39)31-21(16-26(36)37)17-30-42-18-19-6-3-2-4-7-19/h2-4,6-7,9-12,17,21,23-24H,5,8,13-16,18H2,1H3,(H,31,39)(H,32,38)(H,36,37)/b30-17-/t21-,23-,24-/m0/s1. The number of amides is 4. The smallest absolute Gasteiger partial charge is 0.305 e. The summed E-state index contributed by atoms with van der Waals surface area (Å²) in [5.74, 6) is -2.72. The molecule has 13 heteroatoms. The number of methoxy groups -OCH3 is 1. The molecule has 3 N–H and O–H groups in total. The third-order valence-corrected chi connectivity index (χ3v) is 6.93. The van der Waals surface area contributed by atoms with Crippen LogP contribution >= 0.6 is 0 Å². The molecule has 0 spiro atoms. The molecule has 2 aliphatic heterocycles. The second kappa shape index (κ2) is 14.1. The van der Waals surface area contributed by atoms with Crippen LogP contribution in [-0.4, -0.2) is 82.7 Å². The van der Waals surface area contributed by atoms with E-state index in [9.17, 15) is 29.1 Å². The highest BCUT2D eigenvalue weighted by atomic mass is 16.6. The first-order chi connectivity index (χ1) is 20.3. The molecule has 13 nitrogen and oxygen atoms in total. The van der Waals surface area contributed by atoms with Gasteiger partial charge in [-0.25, -0.2) is 5.01 Å². The molecule has 0 radical (unpaired) electrons. The van der Waals surface area contributed by atoms with Crippen LogP contribution in [0.4, 0.5) is 0 Å². The van der Waals surface area contributed by atoms with E-state index in [1.165, 1.54) is 18.3 Å². The van der Waals surface area contributed by atoms with Crippen LogP contribution in [0, 0.1) is 0 Å². The minimum absolute atomic E-state index is 0.00279. The zero-order valence-corrected chi connectivity index (χ0v) is 23.1. The van der Waals surface area contributed by atoms with Crippen LogP contribution in [0.3, 0.4) is 0 Å². The highest BCUT2D eigenvalue weighted by Crippen LogP contribution is 2.25. The second-order valence-corrected chi connectivity index (χ2v) is 9.88. The normalized spacial score (nSPS) is 19.5. The van der Waals surface area contributed by atoms with Crippen molar-refractivity contribution in [2.75, 3.05) is 13.7 Å². The molecule has 2 aromatic carbocycles. The highest BCUT2D eigenvalue weighted by molar-refractivity contribution is 6.00. The Hall–Kier alpha value is -4.94. The van der Waals surface area contributed by atoms with Crippen molar-refractivity contribution in [1.29, 1.82) is 0 Å². The van der Waals surface area contributed by atoms with Crippen molar-refractivity contribution in [3.63, 3.8) is 0 Å². The molecule has 0 aliphatic carbocycles. The summed E-state index contributed by atoms with van der Waals surface area (Å²) in [6.07, 6.45) is 1.46. The monoisotopic (exact) mass is 579 g/mol. The maximum atomic E-state index is 13.7. The molecule has 0 unspecified atom stereocenters. The van der Waals surface area contributed by atoms with Crippen LogP contribution in [0.15, 0.2) is 59.8 Å². The average molecular weight is 580 g/mol. The van der Waals surface area contributed by atoms with Gasteiger partial charge in [0.15, 0.2) is 0 Å². The van der Waals surface area contributed by atoms with Crippen molar-refractivity contribution >= 4 is 35.8 Å². The number of oxime groups is 1. The van der Waals surface area contributed by atoms with E-state index in [1.807, 2.05) is 30.3 Å². The molecule has 2 saturated heterocycles. The SMILES string of the molecule is COc1ccc(C(=O)N[C@H]2CCC(=O)N3CCC[C@@H](C(=O)N[C@H](/C=N\OCc4ccccc4)CC(=O)O)N3C2=O)cc1. The van der Waals surface area contributed by atoms with Gasteiger partial charge in [-0.15, -0.1) is 0 Å². The zero-order chi connectivity index (χ0) is 30.1. The fraction of sp³-hybridized carbons (Fsp3) is 0.379. The maximum absolute atomic E-state index is 13.7. The van der Waals surface area contributed by atoms with E-state index >= 15 is 0 Å². The predicted octanol–water partition coefficient (Wildman–Crippen LogP) is 1.48. The number of carboxylic acid groups (broad SMARTS) is 1. The van der Waals surface area contributed by atoms with E-state index in [0.29, 0.717) is 17.7 Å². The van der Waals surface area contributed by atoms with Gasteiger partial charge >= 0.3 is 5.97 Å². The lowest BCUT2D eigenvalue weighted by atomic mass is 10.0. The van der Waals surface area contributed by atoms with E-state index in [0.717, 1.165) is 10.6 Å². The third kappa shape index (κ3) is 7.62. The molecule has 0 aromatic heterocycles. The Morgan fingerprint density at radius 2 is 1.83 bits per heavy atom. The summed E-state index contributed by atoms with van der Waals surface area (Å²) >= 11 is 0. The number of carbonyl (C=O) groups excluding carboxylic acids is 4. The van der Waals surface area contributed by atoms with Crippen molar-refractivity contribution < 1.29 is 38.7 Å². The van der Waals surface area contributed by atoms with Gasteiger partial charge in [0.1, 0.15) is 24.4 Å². The summed E-state index contributed by atoms with van der Waals surface area (Å²) in [6.45, 7) is 0.386. The Kier molecular flexibility index (Phi) is 10.1. The first-order valence-corrected chi connectivity index (χ1v) is 13.6. The molecule has 42 heavy (non-hydrogen) atoms. The molecular formula is C29H33N5O8. The van der Waals surface area contributed by atoms with Gasteiger partial charge in [-0.1, -0.05) is 35.5 Å². The Morgan fingerprint density at radius 1 is 1.10 bits per heavy atom. The highest BCUT2D eigenvalue weighted by Gasteiger charge is 2.44. The number of ether oxygens (including phenoxy) is 1. The fourth-order valence-electron chi connectivity index (χ4n) is 4.80. The number of hydrogen-bond donors (Lipinski definition) is 3. The van der Waals surface area contributed by atoms with Crippen LogP contribution in [-0.2, 0) is 30.6 Å². The van der Waals surface area contributed by atoms with Crippen LogP contribution in [0.5, 0.6) is 5.75 Å². The second-order valence-electron chi connectivity index (χ2n) is 9.88. The van der Waals surface area contributed by atoms with Crippen LogP contribution in [0.2, 0.25) is 0 Å². The molecule has 0 saturated carbocycles. The van der Waals surface area contributed by atoms with Crippen molar-refractivity contribution in [3.8, 4) is 5.75 Å². The molecule has 4 amide bonds. The predicted molar refractivity (Wildman–Crippen MR) is 149 cm³/mol. The molecule has 2 aromatic rings. The first kappa shape index (κ1) is 30.0. The zero-order valence-electron chi connectivity index (χ0n) is 23.1. The summed E-state index contributed by atoms with van der Waals surface area (Å²) < 4.78 is 5.11. The van der Waals surface area contributed by atoms with E-state index in [2.05, 4.69) is 15.8 Å². The lowest BCUT2D eigenvalue weighted by Crippen LogP contribution is -2.64. The lowest BCUT2D eigenvalue weighted by molar-refractivity contribution is -0.176. The van der Waals surface area contributed by atoms with E-state index < -0.39 is 48.2 Å². The molecule has 222 valence electrons. The molecule has 2 heterocycles. The van der Waals surface area contributed by atoms with Crippen molar-refractivity contribution in [3.05, 3.63) is 65.7 Å². The maximum Gasteiger partial charge on any atom is 0.305 e. The van der Waals surface area contributed by atoms with Crippen molar-refractivity contribution in [2.45, 2.75) is 56.8 Å². The van der Waals surface area contributed by atoms with Gasteiger partial charge in [0, 0.05) is 18.5 Å². The number of hydrogen-bond acceptors (Lipinski definition) is 8. The van der Waals surface area contributed by atoms with Gasteiger partial charge in [0.25, 0.3) is 11.8 Å². The minimum Gasteiger partial charge on any atom is -0.497 e. The minimum atomic E-state index is -1.18. The Balaban J connectivity index is 1.46.